The minimum absolute atomic E-state index is 0.0466. The molecule has 0 spiro atoms. The molecule has 0 aromatic rings. The van der Waals surface area contributed by atoms with Gasteiger partial charge >= 0.3 is 5.97 Å². The molecule has 4 unspecified atom stereocenters. The number of amides is 1. The van der Waals surface area contributed by atoms with Crippen LogP contribution in [0.25, 0.3) is 0 Å². The van der Waals surface area contributed by atoms with Gasteiger partial charge in [0.2, 0.25) is 5.91 Å². The largest absolute Gasteiger partial charge is 0.481 e. The van der Waals surface area contributed by atoms with E-state index in [4.69, 9.17) is 0 Å². The maximum atomic E-state index is 12.4. The summed E-state index contributed by atoms with van der Waals surface area (Å²) in [5.74, 6) is -1.65. The molecule has 0 radical (unpaired) electrons. The second kappa shape index (κ2) is 6.18. The van der Waals surface area contributed by atoms with E-state index in [1.807, 2.05) is 12.2 Å². The van der Waals surface area contributed by atoms with Crippen LogP contribution in [0.2, 0.25) is 0 Å². The van der Waals surface area contributed by atoms with E-state index in [1.54, 1.807) is 0 Å². The zero-order valence-corrected chi connectivity index (χ0v) is 12.3. The smallest absolute Gasteiger partial charge is 0.307 e. The zero-order valence-electron chi connectivity index (χ0n) is 12.3. The van der Waals surface area contributed by atoms with Crippen molar-refractivity contribution in [3.8, 4) is 0 Å². The Balaban J connectivity index is 1.50. The highest BCUT2D eigenvalue weighted by atomic mass is 16.4. The summed E-state index contributed by atoms with van der Waals surface area (Å²) >= 11 is 0. The lowest BCUT2D eigenvalue weighted by atomic mass is 9.82. The number of nitrogens with zero attached hydrogens (tertiary/aromatic N) is 1. The molecule has 1 heterocycles. The predicted octanol–water partition coefficient (Wildman–Crippen LogP) is 1.11. The SMILES string of the molecule is O=C(O)C1C2C=CC(C2)C1C(=O)NCCN1CCCCC1. The lowest BCUT2D eigenvalue weighted by Crippen LogP contribution is -2.43. The lowest BCUT2D eigenvalue weighted by Gasteiger charge is -2.27. The van der Waals surface area contributed by atoms with Gasteiger partial charge in [-0.1, -0.05) is 18.6 Å². The van der Waals surface area contributed by atoms with Crippen LogP contribution in [-0.4, -0.2) is 48.1 Å². The number of aliphatic carboxylic acids is 1. The Bertz CT molecular complexity index is 443. The molecular weight excluding hydrogens is 268 g/mol. The standard InChI is InChI=1S/C16H24N2O3/c19-15(17-6-9-18-7-2-1-3-8-18)13-11-4-5-12(10-11)14(13)16(20)21/h4-5,11-14H,1-3,6-10H2,(H,17,19)(H,20,21). The van der Waals surface area contributed by atoms with Crippen LogP contribution in [0.1, 0.15) is 25.7 Å². The van der Waals surface area contributed by atoms with Gasteiger partial charge in [0.25, 0.3) is 0 Å². The number of carbonyl (C=O) groups is 2. The number of rotatable bonds is 5. The second-order valence-electron chi connectivity index (χ2n) is 6.53. The molecule has 2 bridgehead atoms. The minimum atomic E-state index is -0.831. The molecule has 5 nitrogen and oxygen atoms in total. The number of allylic oxidation sites excluding steroid dienone is 2. The van der Waals surface area contributed by atoms with Crippen molar-refractivity contribution in [1.29, 1.82) is 0 Å². The molecule has 2 fully saturated rings. The van der Waals surface area contributed by atoms with Crippen molar-refractivity contribution in [1.82, 2.24) is 10.2 Å². The topological polar surface area (TPSA) is 69.6 Å². The quantitative estimate of drug-likeness (QED) is 0.745. The summed E-state index contributed by atoms with van der Waals surface area (Å²) in [4.78, 5) is 26.1. The van der Waals surface area contributed by atoms with E-state index in [2.05, 4.69) is 10.2 Å². The number of fused-ring (bicyclic) bond motifs is 2. The summed E-state index contributed by atoms with van der Waals surface area (Å²) in [5, 5.41) is 12.3. The Morgan fingerprint density at radius 3 is 2.43 bits per heavy atom. The van der Waals surface area contributed by atoms with Gasteiger partial charge in [0.15, 0.2) is 0 Å². The van der Waals surface area contributed by atoms with Crippen LogP contribution in [0.15, 0.2) is 12.2 Å². The van der Waals surface area contributed by atoms with Gasteiger partial charge in [-0.3, -0.25) is 9.59 Å². The molecule has 3 aliphatic rings. The second-order valence-corrected chi connectivity index (χ2v) is 6.53. The van der Waals surface area contributed by atoms with E-state index >= 15 is 0 Å². The molecule has 21 heavy (non-hydrogen) atoms. The molecule has 0 aromatic heterocycles. The van der Waals surface area contributed by atoms with Crippen molar-refractivity contribution < 1.29 is 14.7 Å². The molecule has 116 valence electrons. The van der Waals surface area contributed by atoms with Gasteiger partial charge in [0.1, 0.15) is 0 Å². The highest BCUT2D eigenvalue weighted by molar-refractivity contribution is 5.86. The third kappa shape index (κ3) is 2.98. The van der Waals surface area contributed by atoms with E-state index in [0.29, 0.717) is 6.54 Å². The van der Waals surface area contributed by atoms with Gasteiger partial charge in [0, 0.05) is 13.1 Å². The number of nitrogens with one attached hydrogen (secondary N) is 1. The highest BCUT2D eigenvalue weighted by Gasteiger charge is 2.51. The minimum Gasteiger partial charge on any atom is -0.481 e. The Morgan fingerprint density at radius 1 is 1.10 bits per heavy atom. The van der Waals surface area contributed by atoms with Gasteiger partial charge in [-0.25, -0.2) is 0 Å². The summed E-state index contributed by atoms with van der Waals surface area (Å²) in [6.07, 6.45) is 8.61. The monoisotopic (exact) mass is 292 g/mol. The van der Waals surface area contributed by atoms with Crippen LogP contribution in [0.3, 0.4) is 0 Å². The Kier molecular flexibility index (Phi) is 4.29. The van der Waals surface area contributed by atoms with Crippen molar-refractivity contribution in [2.75, 3.05) is 26.2 Å². The van der Waals surface area contributed by atoms with Gasteiger partial charge in [-0.2, -0.15) is 0 Å². The molecule has 2 aliphatic carbocycles. The van der Waals surface area contributed by atoms with E-state index in [1.165, 1.54) is 19.3 Å². The fraction of sp³-hybridized carbons (Fsp3) is 0.750. The molecule has 3 rings (SSSR count). The van der Waals surface area contributed by atoms with Gasteiger partial charge in [0.05, 0.1) is 11.8 Å². The van der Waals surface area contributed by atoms with Gasteiger partial charge in [-0.15, -0.1) is 0 Å². The molecule has 4 atom stereocenters. The third-order valence-electron chi connectivity index (χ3n) is 5.22. The number of piperidine rings is 1. The third-order valence-corrected chi connectivity index (χ3v) is 5.22. The summed E-state index contributed by atoms with van der Waals surface area (Å²) in [7, 11) is 0. The van der Waals surface area contributed by atoms with Gasteiger partial charge in [-0.05, 0) is 44.2 Å². The molecule has 2 N–H and O–H groups in total. The summed E-state index contributed by atoms with van der Waals surface area (Å²) in [5.41, 5.74) is 0. The van der Waals surface area contributed by atoms with Crippen molar-refractivity contribution in [2.45, 2.75) is 25.7 Å². The summed E-state index contributed by atoms with van der Waals surface area (Å²) in [6, 6.07) is 0. The first kappa shape index (κ1) is 14.6. The number of carboxylic acid groups (broad SMARTS) is 1. The van der Waals surface area contributed by atoms with Crippen LogP contribution in [0, 0.1) is 23.7 Å². The van der Waals surface area contributed by atoms with Crippen molar-refractivity contribution in [3.05, 3.63) is 12.2 Å². The summed E-state index contributed by atoms with van der Waals surface area (Å²) < 4.78 is 0. The maximum absolute atomic E-state index is 12.4. The van der Waals surface area contributed by atoms with Gasteiger partial charge < -0.3 is 15.3 Å². The fourth-order valence-corrected chi connectivity index (χ4v) is 4.15. The maximum Gasteiger partial charge on any atom is 0.307 e. The number of hydrogen-bond donors (Lipinski definition) is 2. The fourth-order valence-electron chi connectivity index (χ4n) is 4.15. The molecule has 0 aromatic carbocycles. The first-order valence-electron chi connectivity index (χ1n) is 8.08. The highest BCUT2D eigenvalue weighted by Crippen LogP contribution is 2.48. The average Bonchev–Trinajstić information content (AvgIpc) is 3.08. The molecule has 1 aliphatic heterocycles. The molecular formula is C16H24N2O3. The van der Waals surface area contributed by atoms with Crippen molar-refractivity contribution in [3.63, 3.8) is 0 Å². The van der Waals surface area contributed by atoms with E-state index in [0.717, 1.165) is 26.1 Å². The van der Waals surface area contributed by atoms with Crippen molar-refractivity contribution >= 4 is 11.9 Å². The zero-order chi connectivity index (χ0) is 14.8. The molecule has 1 saturated carbocycles. The van der Waals surface area contributed by atoms with Crippen LogP contribution in [0.4, 0.5) is 0 Å². The molecule has 1 amide bonds. The lowest BCUT2D eigenvalue weighted by molar-refractivity contribution is -0.147. The number of likely N-dealkylation sites (tertiary alicyclic amines) is 1. The summed E-state index contributed by atoms with van der Waals surface area (Å²) in [6.45, 7) is 3.73. The van der Waals surface area contributed by atoms with E-state index in [-0.39, 0.29) is 23.7 Å². The first-order chi connectivity index (χ1) is 10.2. The van der Waals surface area contributed by atoms with Crippen LogP contribution in [0.5, 0.6) is 0 Å². The van der Waals surface area contributed by atoms with E-state index in [9.17, 15) is 14.7 Å². The predicted molar refractivity (Wildman–Crippen MR) is 78.7 cm³/mol. The van der Waals surface area contributed by atoms with Crippen LogP contribution >= 0.6 is 0 Å². The Morgan fingerprint density at radius 2 is 1.76 bits per heavy atom. The number of hydrogen-bond acceptors (Lipinski definition) is 3. The average molecular weight is 292 g/mol. The molecule has 1 saturated heterocycles. The first-order valence-corrected chi connectivity index (χ1v) is 8.08. The number of carbonyl (C=O) groups excluding carboxylic acids is 1. The van der Waals surface area contributed by atoms with Crippen molar-refractivity contribution in [2.24, 2.45) is 23.7 Å². The normalized spacial score (nSPS) is 35.0. The van der Waals surface area contributed by atoms with Crippen LogP contribution < -0.4 is 5.32 Å². The number of carboxylic acids is 1. The Labute approximate surface area is 125 Å². The Hall–Kier alpha value is -1.36. The molecule has 5 heteroatoms. The van der Waals surface area contributed by atoms with Crippen LogP contribution in [-0.2, 0) is 9.59 Å². The van der Waals surface area contributed by atoms with E-state index < -0.39 is 11.9 Å².